The number of carbonyl (C=O) groups is 1. The first-order valence-corrected chi connectivity index (χ1v) is 11.9. The van der Waals surface area contributed by atoms with Gasteiger partial charge in [0.15, 0.2) is 11.5 Å². The number of nitrogens with zero attached hydrogens (tertiary/aromatic N) is 1. The molecule has 2 aromatic carbocycles. The summed E-state index contributed by atoms with van der Waals surface area (Å²) < 4.78 is 69.7. The number of carboxylic acids is 1. The van der Waals surface area contributed by atoms with Crippen molar-refractivity contribution in [2.75, 3.05) is 4.72 Å². The topological polar surface area (TPSA) is 125 Å². The molecule has 0 atom stereocenters. The number of imidazole rings is 1. The lowest BCUT2D eigenvalue weighted by Gasteiger charge is -2.13. The van der Waals surface area contributed by atoms with E-state index >= 15 is 0 Å². The predicted octanol–water partition coefficient (Wildman–Crippen LogP) is 5.33. The van der Waals surface area contributed by atoms with Gasteiger partial charge < -0.3 is 14.5 Å². The summed E-state index contributed by atoms with van der Waals surface area (Å²) in [6.07, 6.45) is 2.18. The lowest BCUT2D eigenvalue weighted by molar-refractivity contribution is -0.0429. The molecule has 0 aliphatic carbocycles. The largest absolute Gasteiger partial charge is 0.516 e. The van der Waals surface area contributed by atoms with Crippen molar-refractivity contribution >= 4 is 48.6 Å². The van der Waals surface area contributed by atoms with E-state index in [1.165, 1.54) is 30.6 Å². The Bertz CT molecular complexity index is 1500. The molecule has 0 fully saturated rings. The summed E-state index contributed by atoms with van der Waals surface area (Å²) >= 11 is 3.41. The second-order valence-electron chi connectivity index (χ2n) is 7.21. The van der Waals surface area contributed by atoms with Crippen LogP contribution in [-0.2, 0) is 22.9 Å². The third kappa shape index (κ3) is 4.53. The minimum absolute atomic E-state index is 0.0502. The number of alkyl halides is 3. The Hall–Kier alpha value is -3.32. The number of halogens is 4. The van der Waals surface area contributed by atoms with Gasteiger partial charge in [-0.25, -0.2) is 9.78 Å². The highest BCUT2D eigenvalue weighted by atomic mass is 79.9. The van der Waals surface area contributed by atoms with Crippen LogP contribution in [0.25, 0.3) is 22.3 Å². The molecule has 3 N–H and O–H groups in total. The van der Waals surface area contributed by atoms with Gasteiger partial charge in [-0.2, -0.15) is 21.6 Å². The minimum Gasteiger partial charge on any atom is -0.476 e. The lowest BCUT2D eigenvalue weighted by Crippen LogP contribution is -2.30. The summed E-state index contributed by atoms with van der Waals surface area (Å²) in [5.41, 5.74) is -3.96. The average Bonchev–Trinajstić information content (AvgIpc) is 3.36. The van der Waals surface area contributed by atoms with E-state index in [1.54, 1.807) is 22.9 Å². The van der Waals surface area contributed by atoms with Crippen molar-refractivity contribution < 1.29 is 35.9 Å². The number of carboxylic acid groups (broad SMARTS) is 1. The molecule has 0 aliphatic heterocycles. The molecule has 4 aromatic rings. The summed E-state index contributed by atoms with van der Waals surface area (Å²) in [5.74, 6) is -0.983. The number of hydrogen-bond donors (Lipinski definition) is 3. The molecule has 2 aromatic heterocycles. The number of fused-ring (bicyclic) bond motifs is 1. The van der Waals surface area contributed by atoms with Crippen LogP contribution in [0.5, 0.6) is 0 Å². The second-order valence-corrected chi connectivity index (χ2v) is 9.67. The molecule has 2 heterocycles. The number of sulfonamides is 1. The number of furan rings is 1. The maximum Gasteiger partial charge on any atom is 0.516 e. The van der Waals surface area contributed by atoms with E-state index in [1.807, 2.05) is 0 Å². The van der Waals surface area contributed by atoms with E-state index in [0.29, 0.717) is 34.0 Å². The van der Waals surface area contributed by atoms with E-state index < -0.39 is 21.5 Å². The maximum atomic E-state index is 12.9. The summed E-state index contributed by atoms with van der Waals surface area (Å²) in [4.78, 5) is 17.8. The smallest absolute Gasteiger partial charge is 0.476 e. The fourth-order valence-corrected chi connectivity index (χ4v) is 4.57. The number of para-hydroxylation sites is 1. The van der Waals surface area contributed by atoms with Crippen LogP contribution in [0.2, 0.25) is 0 Å². The van der Waals surface area contributed by atoms with Crippen molar-refractivity contribution in [3.8, 4) is 11.3 Å². The van der Waals surface area contributed by atoms with E-state index in [0.717, 1.165) is 5.56 Å². The molecule has 34 heavy (non-hydrogen) atoms. The van der Waals surface area contributed by atoms with Crippen LogP contribution in [0.15, 0.2) is 57.7 Å². The highest BCUT2D eigenvalue weighted by Gasteiger charge is 2.46. The first kappa shape index (κ1) is 23.8. The van der Waals surface area contributed by atoms with Crippen LogP contribution in [0, 0.1) is 0 Å². The van der Waals surface area contributed by atoms with Crippen molar-refractivity contribution in [3.63, 3.8) is 0 Å². The zero-order valence-corrected chi connectivity index (χ0v) is 19.4. The molecule has 0 saturated carbocycles. The maximum absolute atomic E-state index is 12.9. The predicted molar refractivity (Wildman–Crippen MR) is 121 cm³/mol. The van der Waals surface area contributed by atoms with Crippen molar-refractivity contribution in [1.82, 2.24) is 9.97 Å². The van der Waals surface area contributed by atoms with E-state index in [9.17, 15) is 31.5 Å². The van der Waals surface area contributed by atoms with Crippen LogP contribution >= 0.6 is 15.9 Å². The van der Waals surface area contributed by atoms with E-state index in [-0.39, 0.29) is 22.7 Å². The van der Waals surface area contributed by atoms with Gasteiger partial charge in [-0.1, -0.05) is 18.2 Å². The number of benzene rings is 2. The molecule has 0 unspecified atom stereocenters. The Kier molecular flexibility index (Phi) is 6.16. The van der Waals surface area contributed by atoms with Crippen molar-refractivity contribution in [3.05, 3.63) is 70.2 Å². The van der Waals surface area contributed by atoms with Crippen LogP contribution < -0.4 is 4.72 Å². The summed E-state index contributed by atoms with van der Waals surface area (Å²) in [6, 6.07) is 10.8. The molecule has 0 radical (unpaired) electrons. The number of H-pyrrole nitrogens is 1. The summed E-state index contributed by atoms with van der Waals surface area (Å²) in [6.45, 7) is 0. The quantitative estimate of drug-likeness (QED) is 0.282. The SMILES string of the molecule is O=C(O)c1nc[nH]c1CCc1ccc2oc(-c3ccccc3NS(=O)(=O)C(F)(F)F)c(Br)c2c1. The standard InChI is InChI=1S/C21H15BrF3N3O5S/c22-17-13-9-11(5-7-15-18(20(29)30)27-10-26-15)6-8-16(13)33-19(17)12-3-1-2-4-14(12)28-34(31,32)21(23,24)25/h1-4,6,8-10,28H,5,7H2,(H,26,27)(H,29,30). The molecule has 8 nitrogen and oxygen atoms in total. The van der Waals surface area contributed by atoms with Crippen molar-refractivity contribution in [2.24, 2.45) is 0 Å². The highest BCUT2D eigenvalue weighted by molar-refractivity contribution is 9.10. The Labute approximate surface area is 199 Å². The minimum atomic E-state index is -5.63. The monoisotopic (exact) mass is 557 g/mol. The summed E-state index contributed by atoms with van der Waals surface area (Å²) in [7, 11) is -5.63. The fourth-order valence-electron chi connectivity index (χ4n) is 3.38. The lowest BCUT2D eigenvalue weighted by atomic mass is 10.0. The third-order valence-electron chi connectivity index (χ3n) is 5.00. The molecular formula is C21H15BrF3N3O5S. The Balaban J connectivity index is 1.67. The Morgan fingerprint density at radius 1 is 1.18 bits per heavy atom. The van der Waals surface area contributed by atoms with Gasteiger partial charge >= 0.3 is 21.5 Å². The van der Waals surface area contributed by atoms with Crippen molar-refractivity contribution in [2.45, 2.75) is 18.3 Å². The van der Waals surface area contributed by atoms with Gasteiger partial charge in [-0.3, -0.25) is 4.72 Å². The second kappa shape index (κ2) is 8.80. The fraction of sp³-hybridized carbons (Fsp3) is 0.143. The Morgan fingerprint density at radius 3 is 2.62 bits per heavy atom. The van der Waals surface area contributed by atoms with Gasteiger partial charge in [0, 0.05) is 16.6 Å². The van der Waals surface area contributed by atoms with Crippen LogP contribution in [-0.4, -0.2) is 35.0 Å². The van der Waals surface area contributed by atoms with Crippen LogP contribution in [0.4, 0.5) is 18.9 Å². The van der Waals surface area contributed by atoms with Crippen LogP contribution in [0.3, 0.4) is 0 Å². The normalized spacial score (nSPS) is 12.2. The Morgan fingerprint density at radius 2 is 1.91 bits per heavy atom. The number of aromatic nitrogens is 2. The van der Waals surface area contributed by atoms with Gasteiger partial charge in [-0.15, -0.1) is 0 Å². The van der Waals surface area contributed by atoms with Gasteiger partial charge in [0.1, 0.15) is 5.58 Å². The molecule has 0 bridgehead atoms. The van der Waals surface area contributed by atoms with Crippen molar-refractivity contribution in [1.29, 1.82) is 0 Å². The number of aromatic carboxylic acids is 1. The van der Waals surface area contributed by atoms with Crippen LogP contribution in [0.1, 0.15) is 21.7 Å². The van der Waals surface area contributed by atoms with Gasteiger partial charge in [-0.05, 0) is 58.6 Å². The summed E-state index contributed by atoms with van der Waals surface area (Å²) in [5, 5.41) is 9.79. The molecule has 4 rings (SSSR count). The van der Waals surface area contributed by atoms with Gasteiger partial charge in [0.25, 0.3) is 0 Å². The van der Waals surface area contributed by atoms with Gasteiger partial charge in [0.05, 0.1) is 16.5 Å². The number of anilines is 1. The average molecular weight is 558 g/mol. The molecular weight excluding hydrogens is 543 g/mol. The number of rotatable bonds is 7. The number of nitrogens with one attached hydrogen (secondary N) is 2. The van der Waals surface area contributed by atoms with E-state index in [4.69, 9.17) is 4.42 Å². The first-order chi connectivity index (χ1) is 16.0. The first-order valence-electron chi connectivity index (χ1n) is 9.63. The zero-order chi connectivity index (χ0) is 24.7. The molecule has 178 valence electrons. The molecule has 13 heteroatoms. The number of hydrogen-bond acceptors (Lipinski definition) is 5. The van der Waals surface area contributed by atoms with Gasteiger partial charge in [0.2, 0.25) is 0 Å². The third-order valence-corrected chi connectivity index (χ3v) is 6.88. The number of aryl methyl sites for hydroxylation is 2. The van der Waals surface area contributed by atoms with E-state index in [2.05, 4.69) is 25.9 Å². The molecule has 0 aliphatic rings. The molecule has 0 saturated heterocycles. The molecule has 0 spiro atoms. The molecule has 0 amide bonds. The number of aromatic amines is 1. The zero-order valence-electron chi connectivity index (χ0n) is 17.0. The highest BCUT2D eigenvalue weighted by Crippen LogP contribution is 2.41.